The number of aromatic nitrogens is 1. The summed E-state index contributed by atoms with van der Waals surface area (Å²) in [6.07, 6.45) is 2.62. The van der Waals surface area contributed by atoms with Crippen LogP contribution in [0.2, 0.25) is 0 Å². The number of hydrogen-bond donors (Lipinski definition) is 0. The molecule has 1 saturated carbocycles. The lowest BCUT2D eigenvalue weighted by Gasteiger charge is -2.34. The van der Waals surface area contributed by atoms with Crippen molar-refractivity contribution in [1.82, 2.24) is 14.2 Å². The van der Waals surface area contributed by atoms with Gasteiger partial charge in [-0.05, 0) is 44.3 Å². The van der Waals surface area contributed by atoms with Gasteiger partial charge in [0.25, 0.3) is 5.91 Å². The van der Waals surface area contributed by atoms with E-state index >= 15 is 0 Å². The number of carbonyl (C=O) groups is 1. The zero-order valence-electron chi connectivity index (χ0n) is 12.7. The van der Waals surface area contributed by atoms with Gasteiger partial charge in [0.15, 0.2) is 0 Å². The Hall–Kier alpha value is -0.980. The van der Waals surface area contributed by atoms with E-state index in [1.54, 1.807) is 0 Å². The van der Waals surface area contributed by atoms with Gasteiger partial charge in [-0.2, -0.15) is 4.37 Å². The fraction of sp³-hybridized carbons (Fsp3) is 0.733. The summed E-state index contributed by atoms with van der Waals surface area (Å²) in [5.74, 6) is 0.798. The van der Waals surface area contributed by atoms with Crippen LogP contribution < -0.4 is 0 Å². The number of carbonyl (C=O) groups excluding carboxylic acids is 1. The van der Waals surface area contributed by atoms with E-state index in [1.807, 2.05) is 17.2 Å². The molecule has 2 aliphatic rings. The van der Waals surface area contributed by atoms with Gasteiger partial charge in [0, 0.05) is 31.6 Å². The molecule has 0 spiro atoms. The second-order valence-corrected chi connectivity index (χ2v) is 6.85. The largest absolute Gasteiger partial charge is 0.374 e. The van der Waals surface area contributed by atoms with Crippen molar-refractivity contribution in [1.29, 1.82) is 0 Å². The molecular weight excluding hydrogens is 286 g/mol. The Morgan fingerprint density at radius 3 is 2.95 bits per heavy atom. The van der Waals surface area contributed by atoms with E-state index < -0.39 is 0 Å². The van der Waals surface area contributed by atoms with Gasteiger partial charge < -0.3 is 14.5 Å². The van der Waals surface area contributed by atoms with Gasteiger partial charge in [0.2, 0.25) is 0 Å². The monoisotopic (exact) mass is 309 g/mol. The summed E-state index contributed by atoms with van der Waals surface area (Å²) in [7, 11) is 2.11. The Balaban J connectivity index is 1.68. The van der Waals surface area contributed by atoms with E-state index in [0.717, 1.165) is 37.5 Å². The number of hydrogen-bond acceptors (Lipinski definition) is 5. The van der Waals surface area contributed by atoms with Crippen LogP contribution in [0.25, 0.3) is 0 Å². The molecule has 0 unspecified atom stereocenters. The maximum Gasteiger partial charge on any atom is 0.256 e. The van der Waals surface area contributed by atoms with Gasteiger partial charge in [0.1, 0.15) is 0 Å². The molecule has 3 rings (SSSR count). The number of ether oxygens (including phenoxy) is 1. The molecule has 2 heterocycles. The van der Waals surface area contributed by atoms with Crippen molar-refractivity contribution in [2.45, 2.75) is 25.9 Å². The molecule has 1 aliphatic carbocycles. The number of rotatable bonds is 5. The molecule has 116 valence electrons. The summed E-state index contributed by atoms with van der Waals surface area (Å²) in [6, 6.07) is 0. The van der Waals surface area contributed by atoms with Crippen molar-refractivity contribution in [2.75, 3.05) is 39.8 Å². The SMILES string of the molecule is Cc1nscc1C(=O)N(CC1CC1)C[C@H]1CN(C)CCO1. The number of likely N-dealkylation sites (N-methyl/N-ethyl adjacent to an activating group) is 1. The van der Waals surface area contributed by atoms with E-state index in [1.165, 1.54) is 24.4 Å². The van der Waals surface area contributed by atoms with Crippen LogP contribution in [0.5, 0.6) is 0 Å². The third-order valence-corrected chi connectivity index (χ3v) is 4.93. The van der Waals surface area contributed by atoms with Crippen LogP contribution in [0.1, 0.15) is 28.9 Å². The first-order valence-corrected chi connectivity index (χ1v) is 8.47. The third kappa shape index (κ3) is 3.81. The fourth-order valence-electron chi connectivity index (χ4n) is 2.74. The lowest BCUT2D eigenvalue weighted by molar-refractivity contribution is -0.0331. The van der Waals surface area contributed by atoms with Gasteiger partial charge in [-0.25, -0.2) is 0 Å². The molecule has 0 bridgehead atoms. The van der Waals surface area contributed by atoms with Crippen LogP contribution >= 0.6 is 11.5 Å². The lowest BCUT2D eigenvalue weighted by Crippen LogP contribution is -2.48. The summed E-state index contributed by atoms with van der Waals surface area (Å²) in [5, 5.41) is 1.87. The molecule has 1 saturated heterocycles. The molecule has 21 heavy (non-hydrogen) atoms. The highest BCUT2D eigenvalue weighted by atomic mass is 32.1. The maximum absolute atomic E-state index is 12.8. The Morgan fingerprint density at radius 2 is 2.33 bits per heavy atom. The van der Waals surface area contributed by atoms with Crippen LogP contribution in [0.15, 0.2) is 5.38 Å². The van der Waals surface area contributed by atoms with E-state index in [2.05, 4.69) is 16.3 Å². The van der Waals surface area contributed by atoms with Gasteiger partial charge in [0.05, 0.1) is 24.0 Å². The van der Waals surface area contributed by atoms with E-state index in [4.69, 9.17) is 4.74 Å². The molecule has 0 N–H and O–H groups in total. The molecule has 6 heteroatoms. The highest BCUT2D eigenvalue weighted by molar-refractivity contribution is 7.03. The quantitative estimate of drug-likeness (QED) is 0.829. The molecule has 1 amide bonds. The summed E-state index contributed by atoms with van der Waals surface area (Å²) in [5.41, 5.74) is 1.59. The highest BCUT2D eigenvalue weighted by Crippen LogP contribution is 2.30. The zero-order valence-corrected chi connectivity index (χ0v) is 13.6. The topological polar surface area (TPSA) is 45.7 Å². The van der Waals surface area contributed by atoms with E-state index in [9.17, 15) is 4.79 Å². The summed E-state index contributed by atoms with van der Waals surface area (Å²) < 4.78 is 10.1. The predicted molar refractivity (Wildman–Crippen MR) is 82.7 cm³/mol. The van der Waals surface area contributed by atoms with Crippen molar-refractivity contribution < 1.29 is 9.53 Å². The normalized spacial score (nSPS) is 23.2. The van der Waals surface area contributed by atoms with Crippen molar-refractivity contribution in [3.8, 4) is 0 Å². The third-order valence-electron chi connectivity index (χ3n) is 4.21. The summed E-state index contributed by atoms with van der Waals surface area (Å²) in [4.78, 5) is 17.0. The Morgan fingerprint density at radius 1 is 1.52 bits per heavy atom. The van der Waals surface area contributed by atoms with Gasteiger partial charge >= 0.3 is 0 Å². The van der Waals surface area contributed by atoms with E-state index in [-0.39, 0.29) is 12.0 Å². The summed E-state index contributed by atoms with van der Waals surface area (Å²) >= 11 is 1.36. The molecule has 1 aliphatic heterocycles. The number of morpholine rings is 1. The van der Waals surface area contributed by atoms with Crippen molar-refractivity contribution in [2.24, 2.45) is 5.92 Å². The standard InChI is InChI=1S/C15H23N3O2S/c1-11-14(10-21-16-11)15(19)18(7-12-3-4-12)9-13-8-17(2)5-6-20-13/h10,12-13H,3-9H2,1-2H3/t13-/m1/s1. The van der Waals surface area contributed by atoms with Crippen LogP contribution in [-0.2, 0) is 4.74 Å². The highest BCUT2D eigenvalue weighted by Gasteiger charge is 2.31. The molecule has 0 radical (unpaired) electrons. The van der Waals surface area contributed by atoms with Gasteiger partial charge in [-0.1, -0.05) is 0 Å². The van der Waals surface area contributed by atoms with Gasteiger partial charge in [-0.3, -0.25) is 4.79 Å². The molecule has 1 aromatic heterocycles. The Bertz CT molecular complexity index is 501. The molecule has 2 fully saturated rings. The van der Waals surface area contributed by atoms with Gasteiger partial charge in [-0.15, -0.1) is 0 Å². The molecular formula is C15H23N3O2S. The minimum Gasteiger partial charge on any atom is -0.374 e. The Kier molecular flexibility index (Phi) is 4.57. The second kappa shape index (κ2) is 6.42. The smallest absolute Gasteiger partial charge is 0.256 e. The number of aryl methyl sites for hydroxylation is 1. The minimum atomic E-state index is 0.116. The van der Waals surface area contributed by atoms with Crippen LogP contribution in [0.3, 0.4) is 0 Å². The van der Waals surface area contributed by atoms with Crippen LogP contribution in [0.4, 0.5) is 0 Å². The van der Waals surface area contributed by atoms with E-state index in [0.29, 0.717) is 12.5 Å². The molecule has 1 atom stereocenters. The first-order valence-electron chi connectivity index (χ1n) is 7.64. The molecule has 0 aromatic carbocycles. The first kappa shape index (κ1) is 14.9. The first-order chi connectivity index (χ1) is 10.1. The van der Waals surface area contributed by atoms with Crippen LogP contribution in [0, 0.1) is 12.8 Å². The average Bonchev–Trinajstić information content (AvgIpc) is 3.17. The number of amides is 1. The van der Waals surface area contributed by atoms with Crippen molar-refractivity contribution >= 4 is 17.4 Å². The second-order valence-electron chi connectivity index (χ2n) is 6.22. The number of nitrogens with zero attached hydrogens (tertiary/aromatic N) is 3. The maximum atomic E-state index is 12.8. The lowest BCUT2D eigenvalue weighted by atomic mass is 10.2. The van der Waals surface area contributed by atoms with Crippen molar-refractivity contribution in [3.63, 3.8) is 0 Å². The fourth-order valence-corrected chi connectivity index (χ4v) is 3.43. The summed E-state index contributed by atoms with van der Waals surface area (Å²) in [6.45, 7) is 6.08. The van der Waals surface area contributed by atoms with Crippen molar-refractivity contribution in [3.05, 3.63) is 16.6 Å². The minimum absolute atomic E-state index is 0.116. The average molecular weight is 309 g/mol. The zero-order chi connectivity index (χ0) is 14.8. The molecule has 5 nitrogen and oxygen atoms in total. The molecule has 1 aromatic rings. The predicted octanol–water partition coefficient (Wildman–Crippen LogP) is 1.63. The Labute approximate surface area is 130 Å². The van der Waals surface area contributed by atoms with Crippen LogP contribution in [-0.4, -0.2) is 66.0 Å².